The van der Waals surface area contributed by atoms with Crippen LogP contribution in [0, 0.1) is 17.2 Å². The van der Waals surface area contributed by atoms with Crippen LogP contribution in [-0.2, 0) is 4.79 Å². The first-order valence-electron chi connectivity index (χ1n) is 5.32. The lowest BCUT2D eigenvalue weighted by atomic mass is 9.97. The molecule has 3 heteroatoms. The quantitative estimate of drug-likeness (QED) is 0.608. The zero-order chi connectivity index (χ0) is 10.8. The molecule has 0 rings (SSSR count). The van der Waals surface area contributed by atoms with Crippen molar-refractivity contribution in [3.63, 3.8) is 0 Å². The Bertz CT molecular complexity index is 196. The average Bonchev–Trinajstić information content (AvgIpc) is 2.16. The van der Waals surface area contributed by atoms with Crippen molar-refractivity contribution in [3.05, 3.63) is 0 Å². The molecule has 1 N–H and O–H groups in total. The van der Waals surface area contributed by atoms with Crippen LogP contribution in [-0.4, -0.2) is 11.1 Å². The number of hydrogen-bond donors (Lipinski definition) is 1. The lowest BCUT2D eigenvalue weighted by molar-refractivity contribution is -0.137. The minimum atomic E-state index is -0.807. The number of carbonyl (C=O) groups is 1. The fourth-order valence-corrected chi connectivity index (χ4v) is 1.39. The number of carboxylic acids is 1. The van der Waals surface area contributed by atoms with Crippen LogP contribution in [0.15, 0.2) is 0 Å². The van der Waals surface area contributed by atoms with E-state index in [-0.39, 0.29) is 12.3 Å². The van der Waals surface area contributed by atoms with Crippen molar-refractivity contribution >= 4 is 5.97 Å². The monoisotopic (exact) mass is 197 g/mol. The van der Waals surface area contributed by atoms with E-state index in [4.69, 9.17) is 10.4 Å². The molecule has 0 aliphatic heterocycles. The summed E-state index contributed by atoms with van der Waals surface area (Å²) in [7, 11) is 0. The van der Waals surface area contributed by atoms with Gasteiger partial charge in [-0.05, 0) is 12.8 Å². The summed E-state index contributed by atoms with van der Waals surface area (Å²) >= 11 is 0. The maximum absolute atomic E-state index is 10.3. The first kappa shape index (κ1) is 13.0. The number of nitriles is 1. The molecular weight excluding hydrogens is 178 g/mol. The van der Waals surface area contributed by atoms with Gasteiger partial charge < -0.3 is 5.11 Å². The van der Waals surface area contributed by atoms with Crippen molar-refractivity contribution < 1.29 is 9.90 Å². The van der Waals surface area contributed by atoms with Gasteiger partial charge in [-0.25, -0.2) is 0 Å². The van der Waals surface area contributed by atoms with Gasteiger partial charge in [0.2, 0.25) is 0 Å². The smallest absolute Gasteiger partial charge is 0.303 e. The third kappa shape index (κ3) is 7.60. The number of aliphatic carboxylic acids is 1. The maximum Gasteiger partial charge on any atom is 0.303 e. The molecule has 0 bridgehead atoms. The highest BCUT2D eigenvalue weighted by Gasteiger charge is 2.09. The normalized spacial score (nSPS) is 12.0. The Morgan fingerprint density at radius 1 is 1.36 bits per heavy atom. The maximum atomic E-state index is 10.3. The van der Waals surface area contributed by atoms with Crippen LogP contribution in [0.3, 0.4) is 0 Å². The van der Waals surface area contributed by atoms with Gasteiger partial charge in [-0.1, -0.05) is 32.6 Å². The molecule has 0 fully saturated rings. The Kier molecular flexibility index (Phi) is 7.92. The molecule has 0 radical (unpaired) electrons. The SMILES string of the molecule is CCCCCCC(C#N)CCC(=O)O. The predicted molar refractivity (Wildman–Crippen MR) is 54.7 cm³/mol. The van der Waals surface area contributed by atoms with Gasteiger partial charge in [0, 0.05) is 12.3 Å². The minimum Gasteiger partial charge on any atom is -0.481 e. The average molecular weight is 197 g/mol. The van der Waals surface area contributed by atoms with E-state index in [2.05, 4.69) is 13.0 Å². The lowest BCUT2D eigenvalue weighted by Gasteiger charge is -2.06. The highest BCUT2D eigenvalue weighted by Crippen LogP contribution is 2.15. The Balaban J connectivity index is 3.49. The van der Waals surface area contributed by atoms with Gasteiger partial charge in [-0.3, -0.25) is 4.79 Å². The van der Waals surface area contributed by atoms with Gasteiger partial charge in [-0.15, -0.1) is 0 Å². The molecule has 0 heterocycles. The van der Waals surface area contributed by atoms with Gasteiger partial charge in [0.25, 0.3) is 0 Å². The second-order valence-corrected chi connectivity index (χ2v) is 3.61. The van der Waals surface area contributed by atoms with Crippen molar-refractivity contribution in [3.8, 4) is 6.07 Å². The Morgan fingerprint density at radius 2 is 2.07 bits per heavy atom. The van der Waals surface area contributed by atoms with Crippen molar-refractivity contribution in [2.24, 2.45) is 5.92 Å². The number of hydrogen-bond acceptors (Lipinski definition) is 2. The highest BCUT2D eigenvalue weighted by atomic mass is 16.4. The topological polar surface area (TPSA) is 61.1 Å². The molecule has 3 nitrogen and oxygen atoms in total. The van der Waals surface area contributed by atoms with Crippen LogP contribution in [0.5, 0.6) is 0 Å². The van der Waals surface area contributed by atoms with Crippen LogP contribution in [0.2, 0.25) is 0 Å². The molecule has 0 aromatic carbocycles. The molecule has 0 saturated heterocycles. The largest absolute Gasteiger partial charge is 0.481 e. The van der Waals surface area contributed by atoms with E-state index >= 15 is 0 Å². The summed E-state index contributed by atoms with van der Waals surface area (Å²) < 4.78 is 0. The Hall–Kier alpha value is -1.04. The first-order chi connectivity index (χ1) is 6.70. The number of unbranched alkanes of at least 4 members (excludes halogenated alkanes) is 3. The fraction of sp³-hybridized carbons (Fsp3) is 0.818. The van der Waals surface area contributed by atoms with Crippen molar-refractivity contribution in [2.45, 2.75) is 51.9 Å². The summed E-state index contributed by atoms with van der Waals surface area (Å²) in [4.78, 5) is 10.3. The molecule has 0 saturated carbocycles. The third-order valence-electron chi connectivity index (χ3n) is 2.30. The molecule has 0 aliphatic carbocycles. The summed E-state index contributed by atoms with van der Waals surface area (Å²) in [5.41, 5.74) is 0. The summed E-state index contributed by atoms with van der Waals surface area (Å²) in [5.74, 6) is -0.873. The lowest BCUT2D eigenvalue weighted by Crippen LogP contribution is -2.02. The third-order valence-corrected chi connectivity index (χ3v) is 2.30. The molecule has 0 amide bonds. The van der Waals surface area contributed by atoms with E-state index in [1.807, 2.05) is 0 Å². The van der Waals surface area contributed by atoms with Crippen molar-refractivity contribution in [2.75, 3.05) is 0 Å². The van der Waals surface area contributed by atoms with Crippen LogP contribution in [0.25, 0.3) is 0 Å². The Morgan fingerprint density at radius 3 is 2.57 bits per heavy atom. The number of rotatable bonds is 8. The van der Waals surface area contributed by atoms with Gasteiger partial charge in [0.1, 0.15) is 0 Å². The standard InChI is InChI=1S/C11H19NO2/c1-2-3-4-5-6-10(9-12)7-8-11(13)14/h10H,2-8H2,1H3,(H,13,14). The second kappa shape index (κ2) is 8.55. The zero-order valence-corrected chi connectivity index (χ0v) is 8.83. The van der Waals surface area contributed by atoms with E-state index in [0.29, 0.717) is 6.42 Å². The highest BCUT2D eigenvalue weighted by molar-refractivity contribution is 5.66. The Labute approximate surface area is 85.7 Å². The van der Waals surface area contributed by atoms with Crippen molar-refractivity contribution in [1.82, 2.24) is 0 Å². The van der Waals surface area contributed by atoms with E-state index in [1.165, 1.54) is 12.8 Å². The molecule has 1 unspecified atom stereocenters. The van der Waals surface area contributed by atoms with Crippen LogP contribution in [0.4, 0.5) is 0 Å². The summed E-state index contributed by atoms with van der Waals surface area (Å²) in [6, 6.07) is 2.17. The van der Waals surface area contributed by atoms with Crippen LogP contribution < -0.4 is 0 Å². The first-order valence-corrected chi connectivity index (χ1v) is 5.32. The molecule has 0 aromatic rings. The van der Waals surface area contributed by atoms with Gasteiger partial charge in [-0.2, -0.15) is 5.26 Å². The predicted octanol–water partition coefficient (Wildman–Crippen LogP) is 2.96. The van der Waals surface area contributed by atoms with E-state index in [0.717, 1.165) is 19.3 Å². The van der Waals surface area contributed by atoms with Crippen LogP contribution in [0.1, 0.15) is 51.9 Å². The minimum absolute atomic E-state index is 0.0667. The van der Waals surface area contributed by atoms with E-state index in [9.17, 15) is 4.79 Å². The summed E-state index contributed by atoms with van der Waals surface area (Å²) in [6.45, 7) is 2.15. The van der Waals surface area contributed by atoms with Gasteiger partial charge >= 0.3 is 5.97 Å². The molecule has 1 atom stereocenters. The molecule has 0 aliphatic rings. The zero-order valence-electron chi connectivity index (χ0n) is 8.83. The van der Waals surface area contributed by atoms with Gasteiger partial charge in [0.15, 0.2) is 0 Å². The molecule has 0 spiro atoms. The summed E-state index contributed by atoms with van der Waals surface area (Å²) in [6.07, 6.45) is 6.06. The number of nitrogens with zero attached hydrogens (tertiary/aromatic N) is 1. The molecule has 14 heavy (non-hydrogen) atoms. The molecular formula is C11H19NO2. The van der Waals surface area contributed by atoms with Crippen LogP contribution >= 0.6 is 0 Å². The summed E-state index contributed by atoms with van der Waals surface area (Å²) in [5, 5.41) is 17.2. The van der Waals surface area contributed by atoms with E-state index in [1.54, 1.807) is 0 Å². The second-order valence-electron chi connectivity index (χ2n) is 3.61. The van der Waals surface area contributed by atoms with E-state index < -0.39 is 5.97 Å². The fourth-order valence-electron chi connectivity index (χ4n) is 1.39. The molecule has 0 aromatic heterocycles. The van der Waals surface area contributed by atoms with Gasteiger partial charge in [0.05, 0.1) is 6.07 Å². The molecule has 80 valence electrons. The van der Waals surface area contributed by atoms with Crippen molar-refractivity contribution in [1.29, 1.82) is 5.26 Å². The number of carboxylic acid groups (broad SMARTS) is 1.